The lowest BCUT2D eigenvalue weighted by Gasteiger charge is -2.16. The van der Waals surface area contributed by atoms with Gasteiger partial charge in [0, 0.05) is 18.2 Å². The van der Waals surface area contributed by atoms with Gasteiger partial charge in [-0.15, -0.1) is 0 Å². The fourth-order valence-electron chi connectivity index (χ4n) is 2.94. The molecule has 1 heterocycles. The van der Waals surface area contributed by atoms with Gasteiger partial charge in [-0.1, -0.05) is 6.07 Å². The minimum absolute atomic E-state index is 0.180. The molecule has 2 aromatic carbocycles. The third-order valence-corrected chi connectivity index (χ3v) is 4.26. The van der Waals surface area contributed by atoms with E-state index in [4.69, 9.17) is 14.2 Å². The predicted octanol–water partition coefficient (Wildman–Crippen LogP) is 3.39. The lowest BCUT2D eigenvalue weighted by atomic mass is 9.98. The van der Waals surface area contributed by atoms with Gasteiger partial charge in [-0.25, -0.2) is 4.39 Å². The van der Waals surface area contributed by atoms with Crippen molar-refractivity contribution in [3.8, 4) is 22.6 Å². The summed E-state index contributed by atoms with van der Waals surface area (Å²) in [4.78, 5) is 0. The van der Waals surface area contributed by atoms with Crippen molar-refractivity contribution < 1.29 is 18.6 Å². The molecule has 0 saturated carbocycles. The van der Waals surface area contributed by atoms with Crippen LogP contribution in [0.4, 0.5) is 4.39 Å². The Morgan fingerprint density at radius 1 is 1.08 bits per heavy atom. The molecule has 24 heavy (non-hydrogen) atoms. The second-order valence-electron chi connectivity index (χ2n) is 5.79. The van der Waals surface area contributed by atoms with Crippen molar-refractivity contribution in [2.75, 3.05) is 27.3 Å². The molecule has 1 fully saturated rings. The Labute approximate surface area is 141 Å². The monoisotopic (exact) mass is 331 g/mol. The van der Waals surface area contributed by atoms with Crippen molar-refractivity contribution in [2.45, 2.75) is 19.1 Å². The van der Waals surface area contributed by atoms with Crippen molar-refractivity contribution in [1.29, 1.82) is 0 Å². The molecule has 1 unspecified atom stereocenters. The van der Waals surface area contributed by atoms with E-state index in [1.165, 1.54) is 12.1 Å². The fourth-order valence-corrected chi connectivity index (χ4v) is 2.94. The minimum Gasteiger partial charge on any atom is -0.497 e. The van der Waals surface area contributed by atoms with E-state index in [-0.39, 0.29) is 11.9 Å². The standard InChI is InChI=1S/C19H22FNO3/c1-22-15-4-6-18(19(10-15)23-2)17-5-3-14(20)9-13(17)12-24-16-7-8-21-11-16/h3-6,9-10,16,21H,7-8,11-12H2,1-2H3. The second-order valence-corrected chi connectivity index (χ2v) is 5.79. The Balaban J connectivity index is 1.92. The van der Waals surface area contributed by atoms with Crippen LogP contribution in [0.2, 0.25) is 0 Å². The van der Waals surface area contributed by atoms with Crippen LogP contribution in [0.3, 0.4) is 0 Å². The molecule has 2 aromatic rings. The third-order valence-electron chi connectivity index (χ3n) is 4.26. The molecular formula is C19H22FNO3. The number of methoxy groups -OCH3 is 2. The highest BCUT2D eigenvalue weighted by Crippen LogP contribution is 2.35. The molecule has 1 aliphatic rings. The summed E-state index contributed by atoms with van der Waals surface area (Å²) in [6.45, 7) is 2.18. The molecule has 0 bridgehead atoms. The molecule has 1 saturated heterocycles. The van der Waals surface area contributed by atoms with Gasteiger partial charge in [0.2, 0.25) is 0 Å². The zero-order valence-electron chi connectivity index (χ0n) is 14.0. The van der Waals surface area contributed by atoms with Crippen LogP contribution in [0.15, 0.2) is 36.4 Å². The number of nitrogens with one attached hydrogen (secondary N) is 1. The van der Waals surface area contributed by atoms with Gasteiger partial charge in [-0.05, 0) is 48.4 Å². The van der Waals surface area contributed by atoms with E-state index in [9.17, 15) is 4.39 Å². The van der Waals surface area contributed by atoms with Crippen molar-refractivity contribution in [3.05, 3.63) is 47.8 Å². The van der Waals surface area contributed by atoms with Crippen LogP contribution in [0, 0.1) is 5.82 Å². The van der Waals surface area contributed by atoms with Gasteiger partial charge in [0.25, 0.3) is 0 Å². The fraction of sp³-hybridized carbons (Fsp3) is 0.368. The Morgan fingerprint density at radius 2 is 1.92 bits per heavy atom. The number of halogens is 1. The van der Waals surface area contributed by atoms with Gasteiger partial charge in [-0.3, -0.25) is 0 Å². The van der Waals surface area contributed by atoms with Crippen LogP contribution in [0.25, 0.3) is 11.1 Å². The average Bonchev–Trinajstić information content (AvgIpc) is 3.13. The summed E-state index contributed by atoms with van der Waals surface area (Å²) < 4.78 is 30.4. The molecule has 5 heteroatoms. The molecule has 0 spiro atoms. The topological polar surface area (TPSA) is 39.7 Å². The maximum atomic E-state index is 13.7. The normalized spacial score (nSPS) is 17.0. The van der Waals surface area contributed by atoms with E-state index in [0.717, 1.165) is 36.2 Å². The van der Waals surface area contributed by atoms with E-state index in [1.807, 2.05) is 18.2 Å². The number of benzene rings is 2. The van der Waals surface area contributed by atoms with E-state index in [1.54, 1.807) is 20.3 Å². The van der Waals surface area contributed by atoms with Crippen LogP contribution in [-0.4, -0.2) is 33.4 Å². The molecule has 0 aromatic heterocycles. The summed E-state index contributed by atoms with van der Waals surface area (Å²) in [5, 5.41) is 3.26. The molecule has 0 radical (unpaired) electrons. The molecule has 0 amide bonds. The van der Waals surface area contributed by atoms with E-state index in [0.29, 0.717) is 18.1 Å². The Morgan fingerprint density at radius 3 is 2.62 bits per heavy atom. The number of rotatable bonds is 6. The van der Waals surface area contributed by atoms with E-state index < -0.39 is 0 Å². The van der Waals surface area contributed by atoms with Crippen LogP contribution in [0.1, 0.15) is 12.0 Å². The van der Waals surface area contributed by atoms with E-state index >= 15 is 0 Å². The number of hydrogen-bond acceptors (Lipinski definition) is 4. The minimum atomic E-state index is -0.269. The first-order valence-electron chi connectivity index (χ1n) is 8.04. The van der Waals surface area contributed by atoms with Crippen molar-refractivity contribution >= 4 is 0 Å². The van der Waals surface area contributed by atoms with E-state index in [2.05, 4.69) is 5.32 Å². The maximum Gasteiger partial charge on any atom is 0.130 e. The predicted molar refractivity (Wildman–Crippen MR) is 91.0 cm³/mol. The summed E-state index contributed by atoms with van der Waals surface area (Å²) in [5.41, 5.74) is 2.61. The quantitative estimate of drug-likeness (QED) is 0.881. The van der Waals surface area contributed by atoms with Crippen LogP contribution in [0.5, 0.6) is 11.5 Å². The highest BCUT2D eigenvalue weighted by molar-refractivity contribution is 5.74. The highest BCUT2D eigenvalue weighted by atomic mass is 19.1. The molecular weight excluding hydrogens is 309 g/mol. The molecule has 1 atom stereocenters. The maximum absolute atomic E-state index is 13.7. The lowest BCUT2D eigenvalue weighted by Crippen LogP contribution is -2.16. The van der Waals surface area contributed by atoms with Crippen LogP contribution in [-0.2, 0) is 11.3 Å². The van der Waals surface area contributed by atoms with Crippen molar-refractivity contribution in [3.63, 3.8) is 0 Å². The Kier molecular flexibility index (Phi) is 5.33. The first-order chi connectivity index (χ1) is 11.7. The average molecular weight is 331 g/mol. The van der Waals surface area contributed by atoms with Gasteiger partial charge in [0.15, 0.2) is 0 Å². The smallest absolute Gasteiger partial charge is 0.130 e. The number of hydrogen-bond donors (Lipinski definition) is 1. The number of ether oxygens (including phenoxy) is 3. The van der Waals surface area contributed by atoms with Crippen molar-refractivity contribution in [1.82, 2.24) is 5.32 Å². The lowest BCUT2D eigenvalue weighted by molar-refractivity contribution is 0.0543. The van der Waals surface area contributed by atoms with Gasteiger partial charge < -0.3 is 19.5 Å². The summed E-state index contributed by atoms with van der Waals surface area (Å²) in [5.74, 6) is 1.13. The molecule has 0 aliphatic carbocycles. The SMILES string of the molecule is COc1ccc(-c2ccc(F)cc2COC2CCNC2)c(OC)c1. The summed E-state index contributed by atoms with van der Waals surface area (Å²) in [7, 11) is 3.23. The molecule has 128 valence electrons. The first kappa shape index (κ1) is 16.7. The first-order valence-corrected chi connectivity index (χ1v) is 8.04. The molecule has 3 rings (SSSR count). The second kappa shape index (κ2) is 7.64. The summed E-state index contributed by atoms with van der Waals surface area (Å²) in [6, 6.07) is 10.4. The zero-order chi connectivity index (χ0) is 16.9. The van der Waals surface area contributed by atoms with Gasteiger partial charge in [0.1, 0.15) is 17.3 Å². The highest BCUT2D eigenvalue weighted by Gasteiger charge is 2.17. The Bertz CT molecular complexity index is 699. The van der Waals surface area contributed by atoms with Crippen LogP contribution < -0.4 is 14.8 Å². The molecule has 1 aliphatic heterocycles. The van der Waals surface area contributed by atoms with Gasteiger partial charge >= 0.3 is 0 Å². The summed E-state index contributed by atoms with van der Waals surface area (Å²) in [6.07, 6.45) is 1.16. The molecule has 1 N–H and O–H groups in total. The largest absolute Gasteiger partial charge is 0.497 e. The zero-order valence-corrected chi connectivity index (χ0v) is 14.0. The van der Waals surface area contributed by atoms with Gasteiger partial charge in [0.05, 0.1) is 26.9 Å². The third kappa shape index (κ3) is 3.68. The van der Waals surface area contributed by atoms with Gasteiger partial charge in [-0.2, -0.15) is 0 Å². The van der Waals surface area contributed by atoms with Crippen molar-refractivity contribution in [2.24, 2.45) is 0 Å². The Hall–Kier alpha value is -2.11. The molecule has 4 nitrogen and oxygen atoms in total. The van der Waals surface area contributed by atoms with Crippen LogP contribution >= 0.6 is 0 Å². The summed E-state index contributed by atoms with van der Waals surface area (Å²) >= 11 is 0.